The number of methoxy groups -OCH3 is 1. The second-order valence-electron chi connectivity index (χ2n) is 5.36. The first-order chi connectivity index (χ1) is 6.29. The van der Waals surface area contributed by atoms with Crippen LogP contribution in [0.4, 0.5) is 0 Å². The van der Waals surface area contributed by atoms with Crippen LogP contribution in [0.2, 0.25) is 0 Å². The molecular weight excluding hydrogens is 162 g/mol. The van der Waals surface area contributed by atoms with Crippen LogP contribution in [-0.4, -0.2) is 37.2 Å². The molecule has 2 heteroatoms. The van der Waals surface area contributed by atoms with E-state index in [0.29, 0.717) is 5.54 Å². The molecule has 1 atom stereocenters. The van der Waals surface area contributed by atoms with Gasteiger partial charge in [0, 0.05) is 19.2 Å². The van der Waals surface area contributed by atoms with Gasteiger partial charge in [-0.2, -0.15) is 0 Å². The van der Waals surface area contributed by atoms with Crippen molar-refractivity contribution in [2.45, 2.75) is 37.6 Å². The quantitative estimate of drug-likeness (QED) is 0.642. The monoisotopic (exact) mass is 181 g/mol. The second-order valence-corrected chi connectivity index (χ2v) is 5.36. The SMILES string of the molecule is COC[C@@]12CCCN1CC1(CC1)C2. The van der Waals surface area contributed by atoms with Crippen molar-refractivity contribution in [3.05, 3.63) is 0 Å². The maximum Gasteiger partial charge on any atom is 0.0646 e. The van der Waals surface area contributed by atoms with Crippen LogP contribution in [0, 0.1) is 5.41 Å². The van der Waals surface area contributed by atoms with E-state index in [9.17, 15) is 0 Å². The maximum atomic E-state index is 5.41. The molecule has 1 spiro atoms. The standard InChI is InChI=1S/C11H19NO/c1-13-9-11-3-2-6-12(11)8-10(7-11)4-5-10/h2-9H2,1H3/t11-/m0/s1. The van der Waals surface area contributed by atoms with Crippen LogP contribution in [0.1, 0.15) is 32.1 Å². The Morgan fingerprint density at radius 3 is 2.85 bits per heavy atom. The van der Waals surface area contributed by atoms with Gasteiger partial charge in [-0.25, -0.2) is 0 Å². The predicted octanol–water partition coefficient (Wildman–Crippen LogP) is 1.65. The molecular formula is C11H19NO. The first-order valence-corrected chi connectivity index (χ1v) is 5.53. The van der Waals surface area contributed by atoms with Crippen molar-refractivity contribution in [3.8, 4) is 0 Å². The van der Waals surface area contributed by atoms with Crippen molar-refractivity contribution in [1.82, 2.24) is 4.90 Å². The van der Waals surface area contributed by atoms with E-state index >= 15 is 0 Å². The summed E-state index contributed by atoms with van der Waals surface area (Å²) < 4.78 is 5.41. The molecule has 0 aromatic rings. The fraction of sp³-hybridized carbons (Fsp3) is 1.00. The highest BCUT2D eigenvalue weighted by molar-refractivity contribution is 5.13. The lowest BCUT2D eigenvalue weighted by atomic mass is 9.89. The molecule has 0 amide bonds. The minimum atomic E-state index is 0.464. The molecule has 3 fully saturated rings. The fourth-order valence-corrected chi connectivity index (χ4v) is 3.59. The van der Waals surface area contributed by atoms with Crippen molar-refractivity contribution < 1.29 is 4.74 Å². The molecule has 2 aliphatic heterocycles. The van der Waals surface area contributed by atoms with Crippen LogP contribution < -0.4 is 0 Å². The molecule has 3 aliphatic rings. The zero-order valence-corrected chi connectivity index (χ0v) is 8.51. The second kappa shape index (κ2) is 2.48. The fourth-order valence-electron chi connectivity index (χ4n) is 3.59. The van der Waals surface area contributed by atoms with Crippen LogP contribution >= 0.6 is 0 Å². The summed E-state index contributed by atoms with van der Waals surface area (Å²) in [7, 11) is 1.85. The summed E-state index contributed by atoms with van der Waals surface area (Å²) in [6, 6.07) is 0. The van der Waals surface area contributed by atoms with Crippen LogP contribution in [0.5, 0.6) is 0 Å². The van der Waals surface area contributed by atoms with Gasteiger partial charge in [0.2, 0.25) is 0 Å². The third-order valence-electron chi connectivity index (χ3n) is 4.34. The number of hydrogen-bond donors (Lipinski definition) is 0. The summed E-state index contributed by atoms with van der Waals surface area (Å²) in [5.74, 6) is 0. The van der Waals surface area contributed by atoms with Gasteiger partial charge in [-0.05, 0) is 44.1 Å². The van der Waals surface area contributed by atoms with Crippen molar-refractivity contribution in [3.63, 3.8) is 0 Å². The number of fused-ring (bicyclic) bond motifs is 1. The van der Waals surface area contributed by atoms with E-state index in [1.54, 1.807) is 0 Å². The van der Waals surface area contributed by atoms with Crippen LogP contribution in [0.3, 0.4) is 0 Å². The van der Waals surface area contributed by atoms with Gasteiger partial charge in [0.1, 0.15) is 0 Å². The first-order valence-electron chi connectivity index (χ1n) is 5.53. The minimum Gasteiger partial charge on any atom is -0.383 e. The summed E-state index contributed by atoms with van der Waals surface area (Å²) >= 11 is 0. The van der Waals surface area contributed by atoms with Crippen molar-refractivity contribution >= 4 is 0 Å². The largest absolute Gasteiger partial charge is 0.383 e. The highest BCUT2D eigenvalue weighted by Gasteiger charge is 2.59. The van der Waals surface area contributed by atoms with Gasteiger partial charge in [-0.3, -0.25) is 4.90 Å². The maximum absolute atomic E-state index is 5.41. The third kappa shape index (κ3) is 1.08. The molecule has 2 nitrogen and oxygen atoms in total. The Morgan fingerprint density at radius 2 is 2.15 bits per heavy atom. The average Bonchev–Trinajstić information content (AvgIpc) is 2.60. The molecule has 74 valence electrons. The molecule has 0 aromatic heterocycles. The molecule has 1 saturated carbocycles. The zero-order chi connectivity index (χ0) is 8.94. The van der Waals surface area contributed by atoms with E-state index in [4.69, 9.17) is 4.74 Å². The van der Waals surface area contributed by atoms with E-state index < -0.39 is 0 Å². The third-order valence-corrected chi connectivity index (χ3v) is 4.34. The normalized spacial score (nSPS) is 41.3. The van der Waals surface area contributed by atoms with Crippen molar-refractivity contribution in [2.75, 3.05) is 26.8 Å². The number of rotatable bonds is 2. The Kier molecular flexibility index (Phi) is 1.58. The molecule has 0 unspecified atom stereocenters. The number of ether oxygens (including phenoxy) is 1. The Bertz CT molecular complexity index is 224. The molecule has 1 aliphatic carbocycles. The van der Waals surface area contributed by atoms with E-state index in [2.05, 4.69) is 4.90 Å². The van der Waals surface area contributed by atoms with E-state index in [-0.39, 0.29) is 0 Å². The Morgan fingerprint density at radius 1 is 1.31 bits per heavy atom. The summed E-state index contributed by atoms with van der Waals surface area (Å²) in [5.41, 5.74) is 1.21. The van der Waals surface area contributed by atoms with Gasteiger partial charge in [-0.1, -0.05) is 0 Å². The number of hydrogen-bond acceptors (Lipinski definition) is 2. The van der Waals surface area contributed by atoms with Gasteiger partial charge in [-0.15, -0.1) is 0 Å². The summed E-state index contributed by atoms with van der Waals surface area (Å²) in [4.78, 5) is 2.71. The van der Waals surface area contributed by atoms with Crippen molar-refractivity contribution in [2.24, 2.45) is 5.41 Å². The van der Waals surface area contributed by atoms with Crippen LogP contribution in [0.25, 0.3) is 0 Å². The molecule has 0 aromatic carbocycles. The molecule has 3 rings (SSSR count). The van der Waals surface area contributed by atoms with Crippen molar-refractivity contribution in [1.29, 1.82) is 0 Å². The lowest BCUT2D eigenvalue weighted by Crippen LogP contribution is -2.42. The Labute approximate surface area is 80.2 Å². The Balaban J connectivity index is 1.82. The summed E-state index contributed by atoms with van der Waals surface area (Å²) in [5, 5.41) is 0. The van der Waals surface area contributed by atoms with Gasteiger partial charge < -0.3 is 4.74 Å². The van der Waals surface area contributed by atoms with Gasteiger partial charge in [0.25, 0.3) is 0 Å². The van der Waals surface area contributed by atoms with Gasteiger partial charge in [0.05, 0.1) is 6.61 Å². The van der Waals surface area contributed by atoms with E-state index in [0.717, 1.165) is 12.0 Å². The molecule has 0 N–H and O–H groups in total. The molecule has 0 radical (unpaired) electrons. The summed E-state index contributed by atoms with van der Waals surface area (Å²) in [6.45, 7) is 3.66. The highest BCUT2D eigenvalue weighted by atomic mass is 16.5. The predicted molar refractivity (Wildman–Crippen MR) is 51.7 cm³/mol. The minimum absolute atomic E-state index is 0.464. The van der Waals surface area contributed by atoms with Crippen LogP contribution in [-0.2, 0) is 4.74 Å². The van der Waals surface area contributed by atoms with Gasteiger partial charge in [0.15, 0.2) is 0 Å². The van der Waals surface area contributed by atoms with Crippen LogP contribution in [0.15, 0.2) is 0 Å². The lowest BCUT2D eigenvalue weighted by Gasteiger charge is -2.30. The highest BCUT2D eigenvalue weighted by Crippen LogP contribution is 2.60. The lowest BCUT2D eigenvalue weighted by molar-refractivity contribution is 0.0652. The molecule has 0 bridgehead atoms. The average molecular weight is 181 g/mol. The zero-order valence-electron chi connectivity index (χ0n) is 8.51. The van der Waals surface area contributed by atoms with E-state index in [1.807, 2.05) is 7.11 Å². The van der Waals surface area contributed by atoms with Gasteiger partial charge >= 0.3 is 0 Å². The first kappa shape index (κ1) is 8.25. The topological polar surface area (TPSA) is 12.5 Å². The molecule has 13 heavy (non-hydrogen) atoms. The smallest absolute Gasteiger partial charge is 0.0646 e. The molecule has 2 heterocycles. The summed E-state index contributed by atoms with van der Waals surface area (Å²) in [6.07, 6.45) is 7.15. The van der Waals surface area contributed by atoms with E-state index in [1.165, 1.54) is 45.2 Å². The Hall–Kier alpha value is -0.0800. The number of nitrogens with zero attached hydrogens (tertiary/aromatic N) is 1. The molecule has 2 saturated heterocycles.